The van der Waals surface area contributed by atoms with Crippen LogP contribution in [0.5, 0.6) is 0 Å². The molecule has 0 spiro atoms. The molecule has 3 heterocycles. The molecule has 2 aliphatic rings. The highest BCUT2D eigenvalue weighted by atomic mass is 16.2. The topological polar surface area (TPSA) is 54.3 Å². The standard InChI is InChI=1S/C11H15N5O/c1-3-8-5-16(13-12-8)10-4-9-6-15(7-10)11(17)14(9)2/h4-5,9H,3,6-7H2,1-2H3. The molecule has 1 fully saturated rings. The van der Waals surface area contributed by atoms with Gasteiger partial charge >= 0.3 is 6.03 Å². The second-order valence-corrected chi connectivity index (χ2v) is 4.51. The van der Waals surface area contributed by atoms with E-state index in [1.165, 1.54) is 0 Å². The SMILES string of the molecule is CCc1cn(C2=CC3CN(C2)C(=O)N3C)nn1. The van der Waals surface area contributed by atoms with Gasteiger partial charge in [-0.05, 0) is 12.5 Å². The van der Waals surface area contributed by atoms with Gasteiger partial charge in [0.2, 0.25) is 0 Å². The van der Waals surface area contributed by atoms with E-state index in [-0.39, 0.29) is 12.1 Å². The molecule has 3 rings (SSSR count). The smallest absolute Gasteiger partial charge is 0.319 e. The van der Waals surface area contributed by atoms with E-state index in [1.807, 2.05) is 25.1 Å². The van der Waals surface area contributed by atoms with Gasteiger partial charge < -0.3 is 9.80 Å². The summed E-state index contributed by atoms with van der Waals surface area (Å²) in [5.74, 6) is 0. The molecule has 2 aliphatic heterocycles. The van der Waals surface area contributed by atoms with Crippen molar-refractivity contribution in [3.63, 3.8) is 0 Å². The summed E-state index contributed by atoms with van der Waals surface area (Å²) in [7, 11) is 1.84. The van der Waals surface area contributed by atoms with Crippen LogP contribution in [0.2, 0.25) is 0 Å². The van der Waals surface area contributed by atoms with Crippen molar-refractivity contribution in [2.45, 2.75) is 19.4 Å². The molecule has 2 bridgehead atoms. The number of carbonyl (C=O) groups is 1. The number of carbonyl (C=O) groups excluding carboxylic acids is 1. The third-order valence-corrected chi connectivity index (χ3v) is 3.41. The number of rotatable bonds is 2. The lowest BCUT2D eigenvalue weighted by atomic mass is 10.2. The van der Waals surface area contributed by atoms with E-state index in [9.17, 15) is 4.79 Å². The van der Waals surface area contributed by atoms with Crippen molar-refractivity contribution in [1.82, 2.24) is 24.8 Å². The predicted octanol–water partition coefficient (Wildman–Crippen LogP) is 0.431. The third kappa shape index (κ3) is 1.51. The Balaban J connectivity index is 1.91. The van der Waals surface area contributed by atoms with Crippen molar-refractivity contribution in [3.05, 3.63) is 18.0 Å². The van der Waals surface area contributed by atoms with Crippen LogP contribution in [0, 0.1) is 0 Å². The van der Waals surface area contributed by atoms with Crippen molar-refractivity contribution in [2.24, 2.45) is 0 Å². The van der Waals surface area contributed by atoms with E-state index in [4.69, 9.17) is 0 Å². The number of fused-ring (bicyclic) bond motifs is 2. The molecule has 1 saturated heterocycles. The average molecular weight is 233 g/mol. The number of hydrogen-bond donors (Lipinski definition) is 0. The lowest BCUT2D eigenvalue weighted by Gasteiger charge is -2.20. The summed E-state index contributed by atoms with van der Waals surface area (Å²) in [4.78, 5) is 15.4. The van der Waals surface area contributed by atoms with E-state index in [0.717, 1.165) is 24.4 Å². The Morgan fingerprint density at radius 2 is 2.35 bits per heavy atom. The van der Waals surface area contributed by atoms with E-state index in [0.29, 0.717) is 6.54 Å². The minimum Gasteiger partial charge on any atom is -0.319 e. The average Bonchev–Trinajstić information content (AvgIpc) is 2.91. The van der Waals surface area contributed by atoms with Gasteiger partial charge in [0.05, 0.1) is 30.2 Å². The maximum atomic E-state index is 11.8. The lowest BCUT2D eigenvalue weighted by Crippen LogP contribution is -2.31. The second kappa shape index (κ2) is 3.58. The number of hydrogen-bond acceptors (Lipinski definition) is 3. The molecule has 0 N–H and O–H groups in total. The summed E-state index contributed by atoms with van der Waals surface area (Å²) in [6.45, 7) is 3.45. The van der Waals surface area contributed by atoms with Crippen molar-refractivity contribution >= 4 is 11.7 Å². The van der Waals surface area contributed by atoms with Gasteiger partial charge in [-0.1, -0.05) is 12.1 Å². The third-order valence-electron chi connectivity index (χ3n) is 3.41. The van der Waals surface area contributed by atoms with Gasteiger partial charge in [-0.25, -0.2) is 9.48 Å². The van der Waals surface area contributed by atoms with E-state index in [2.05, 4.69) is 16.4 Å². The molecule has 0 saturated carbocycles. The molecular weight excluding hydrogens is 218 g/mol. The number of urea groups is 1. The molecule has 90 valence electrons. The Bertz CT molecular complexity index is 492. The van der Waals surface area contributed by atoms with Crippen LogP contribution in [-0.4, -0.2) is 57.0 Å². The number of aromatic nitrogens is 3. The Morgan fingerprint density at radius 3 is 3.00 bits per heavy atom. The maximum Gasteiger partial charge on any atom is 0.320 e. The van der Waals surface area contributed by atoms with Crippen LogP contribution in [0.4, 0.5) is 4.79 Å². The van der Waals surface area contributed by atoms with Crippen LogP contribution < -0.4 is 0 Å². The monoisotopic (exact) mass is 233 g/mol. The molecule has 1 aromatic heterocycles. The molecule has 1 aromatic rings. The van der Waals surface area contributed by atoms with Crippen LogP contribution in [0.25, 0.3) is 5.70 Å². The van der Waals surface area contributed by atoms with E-state index < -0.39 is 0 Å². The van der Waals surface area contributed by atoms with Crippen LogP contribution >= 0.6 is 0 Å². The largest absolute Gasteiger partial charge is 0.320 e. The molecule has 0 radical (unpaired) electrons. The molecular formula is C11H15N5O. The van der Waals surface area contributed by atoms with Gasteiger partial charge in [-0.3, -0.25) is 0 Å². The second-order valence-electron chi connectivity index (χ2n) is 4.51. The van der Waals surface area contributed by atoms with Gasteiger partial charge in [-0.2, -0.15) is 0 Å². The van der Waals surface area contributed by atoms with Gasteiger partial charge in [-0.15, -0.1) is 5.10 Å². The molecule has 2 amide bonds. The van der Waals surface area contributed by atoms with E-state index in [1.54, 1.807) is 9.58 Å². The quantitative estimate of drug-likeness (QED) is 0.744. The van der Waals surface area contributed by atoms with Crippen molar-refractivity contribution in [3.8, 4) is 0 Å². The fraction of sp³-hybridized carbons (Fsp3) is 0.545. The first-order chi connectivity index (χ1) is 8.19. The Labute approximate surface area is 99.5 Å². The Morgan fingerprint density at radius 1 is 1.53 bits per heavy atom. The molecule has 6 heteroatoms. The fourth-order valence-electron chi connectivity index (χ4n) is 2.31. The predicted molar refractivity (Wildman–Crippen MR) is 62.2 cm³/mol. The van der Waals surface area contributed by atoms with Crippen molar-refractivity contribution in [1.29, 1.82) is 0 Å². The minimum atomic E-state index is 0.0945. The van der Waals surface area contributed by atoms with E-state index >= 15 is 0 Å². The molecule has 17 heavy (non-hydrogen) atoms. The zero-order valence-electron chi connectivity index (χ0n) is 10.00. The molecule has 6 nitrogen and oxygen atoms in total. The van der Waals surface area contributed by atoms with Crippen molar-refractivity contribution in [2.75, 3.05) is 20.1 Å². The number of amides is 2. The summed E-state index contributed by atoms with van der Waals surface area (Å²) in [6, 6.07) is 0.262. The first kappa shape index (κ1) is 10.3. The number of aryl methyl sites for hydroxylation is 1. The van der Waals surface area contributed by atoms with Gasteiger partial charge in [0.1, 0.15) is 0 Å². The van der Waals surface area contributed by atoms with Gasteiger partial charge in [0.25, 0.3) is 0 Å². The van der Waals surface area contributed by atoms with Crippen LogP contribution in [0.15, 0.2) is 12.3 Å². The van der Waals surface area contributed by atoms with Crippen LogP contribution in [0.3, 0.4) is 0 Å². The normalized spacial score (nSPS) is 23.3. The molecule has 1 unspecified atom stereocenters. The summed E-state index contributed by atoms with van der Waals surface area (Å²) in [5.41, 5.74) is 2.00. The Hall–Kier alpha value is -1.85. The highest BCUT2D eigenvalue weighted by Crippen LogP contribution is 2.24. The number of likely N-dealkylation sites (N-methyl/N-ethyl adjacent to an activating group) is 1. The van der Waals surface area contributed by atoms with Crippen LogP contribution in [0.1, 0.15) is 12.6 Å². The van der Waals surface area contributed by atoms with Gasteiger partial charge in [0, 0.05) is 13.6 Å². The highest BCUT2D eigenvalue weighted by Gasteiger charge is 2.37. The first-order valence-corrected chi connectivity index (χ1v) is 5.83. The molecule has 1 atom stereocenters. The minimum absolute atomic E-state index is 0.0945. The zero-order chi connectivity index (χ0) is 12.0. The maximum absolute atomic E-state index is 11.8. The zero-order valence-corrected chi connectivity index (χ0v) is 10.00. The highest BCUT2D eigenvalue weighted by molar-refractivity contribution is 5.80. The summed E-state index contributed by atoms with van der Waals surface area (Å²) >= 11 is 0. The number of nitrogens with zero attached hydrogens (tertiary/aromatic N) is 5. The molecule has 0 aliphatic carbocycles. The summed E-state index contributed by atoms with van der Waals surface area (Å²) in [5, 5.41) is 8.17. The fourth-order valence-corrected chi connectivity index (χ4v) is 2.31. The summed E-state index contributed by atoms with van der Waals surface area (Å²) < 4.78 is 1.78. The Kier molecular flexibility index (Phi) is 2.17. The summed E-state index contributed by atoms with van der Waals surface area (Å²) in [6.07, 6.45) is 4.91. The first-order valence-electron chi connectivity index (χ1n) is 5.83. The van der Waals surface area contributed by atoms with Crippen molar-refractivity contribution < 1.29 is 4.79 Å². The van der Waals surface area contributed by atoms with Gasteiger partial charge in [0.15, 0.2) is 0 Å². The molecule has 0 aromatic carbocycles. The lowest BCUT2D eigenvalue weighted by molar-refractivity contribution is 0.201. The van der Waals surface area contributed by atoms with Crippen LogP contribution in [-0.2, 0) is 6.42 Å².